The molecular weight excluding hydrogens is 416 g/mol. The summed E-state index contributed by atoms with van der Waals surface area (Å²) >= 11 is 1.58. The lowest BCUT2D eigenvalue weighted by Crippen LogP contribution is -2.25. The molecule has 0 aliphatic heterocycles. The van der Waals surface area contributed by atoms with Gasteiger partial charge in [-0.05, 0) is 30.7 Å². The van der Waals surface area contributed by atoms with E-state index in [0.717, 1.165) is 22.7 Å². The number of carbonyl (C=O) groups excluding carboxylic acids is 1. The summed E-state index contributed by atoms with van der Waals surface area (Å²) < 4.78 is 1.54. The standard InChI is InChI=1S/C21H18N6O3S/c28-21(16-3-4-18(19(12-16)27(29)30)26-11-10-23-14-26)24-7-1-2-20-25-17(13-31-20)15-5-8-22-9-6-15/h3-6,8-14H,1-2,7H2,(H,24,28). The molecule has 156 valence electrons. The monoisotopic (exact) mass is 434 g/mol. The zero-order valence-corrected chi connectivity index (χ0v) is 17.2. The van der Waals surface area contributed by atoms with Gasteiger partial charge in [0.1, 0.15) is 5.69 Å². The Kier molecular flexibility index (Phi) is 6.08. The Bertz CT molecular complexity index is 1190. The number of amides is 1. The number of thiazole rings is 1. The number of nitro groups is 1. The number of benzene rings is 1. The Labute approximate surface area is 181 Å². The van der Waals surface area contributed by atoms with E-state index in [9.17, 15) is 14.9 Å². The third-order valence-corrected chi connectivity index (χ3v) is 5.51. The third-order valence-electron chi connectivity index (χ3n) is 4.60. The fourth-order valence-corrected chi connectivity index (χ4v) is 3.91. The van der Waals surface area contributed by atoms with Crippen LogP contribution in [-0.4, -0.2) is 36.9 Å². The lowest BCUT2D eigenvalue weighted by Gasteiger charge is -2.07. The molecule has 3 aromatic heterocycles. The first kappa shape index (κ1) is 20.4. The van der Waals surface area contributed by atoms with Crippen LogP contribution in [0.3, 0.4) is 0 Å². The molecule has 1 N–H and O–H groups in total. The first-order valence-corrected chi connectivity index (χ1v) is 10.4. The Morgan fingerprint density at radius 3 is 2.74 bits per heavy atom. The van der Waals surface area contributed by atoms with Gasteiger partial charge in [-0.25, -0.2) is 9.97 Å². The summed E-state index contributed by atoms with van der Waals surface area (Å²) in [6.07, 6.45) is 9.53. The number of rotatable bonds is 8. The van der Waals surface area contributed by atoms with Gasteiger partial charge in [-0.15, -0.1) is 11.3 Å². The molecule has 0 saturated carbocycles. The topological polar surface area (TPSA) is 116 Å². The highest BCUT2D eigenvalue weighted by molar-refractivity contribution is 7.09. The van der Waals surface area contributed by atoms with Gasteiger partial charge in [0.2, 0.25) is 0 Å². The molecule has 1 amide bonds. The van der Waals surface area contributed by atoms with Crippen molar-refractivity contribution < 1.29 is 9.72 Å². The van der Waals surface area contributed by atoms with Crippen LogP contribution in [0.2, 0.25) is 0 Å². The van der Waals surface area contributed by atoms with Gasteiger partial charge < -0.3 is 9.88 Å². The van der Waals surface area contributed by atoms with Crippen molar-refractivity contribution in [3.8, 4) is 16.9 Å². The number of imidazole rings is 1. The molecule has 0 saturated heterocycles. The molecule has 4 aromatic rings. The predicted molar refractivity (Wildman–Crippen MR) is 116 cm³/mol. The van der Waals surface area contributed by atoms with Gasteiger partial charge in [-0.2, -0.15) is 0 Å². The molecule has 1 aromatic carbocycles. The second-order valence-corrected chi connectivity index (χ2v) is 7.60. The summed E-state index contributed by atoms with van der Waals surface area (Å²) in [4.78, 5) is 35.9. The maximum Gasteiger partial charge on any atom is 0.294 e. The van der Waals surface area contributed by atoms with Crippen molar-refractivity contribution in [2.45, 2.75) is 12.8 Å². The maximum atomic E-state index is 12.4. The van der Waals surface area contributed by atoms with Crippen LogP contribution in [0.1, 0.15) is 21.8 Å². The molecule has 4 rings (SSSR count). The van der Waals surface area contributed by atoms with E-state index < -0.39 is 4.92 Å². The van der Waals surface area contributed by atoms with E-state index in [-0.39, 0.29) is 17.2 Å². The van der Waals surface area contributed by atoms with Crippen molar-refractivity contribution in [3.05, 3.63) is 87.5 Å². The van der Waals surface area contributed by atoms with Gasteiger partial charge in [0, 0.05) is 60.3 Å². The molecule has 9 nitrogen and oxygen atoms in total. The molecule has 0 atom stereocenters. The van der Waals surface area contributed by atoms with E-state index in [4.69, 9.17) is 0 Å². The highest BCUT2D eigenvalue weighted by Gasteiger charge is 2.18. The molecule has 3 heterocycles. The van der Waals surface area contributed by atoms with E-state index >= 15 is 0 Å². The number of carbonyl (C=O) groups is 1. The molecule has 0 radical (unpaired) electrons. The number of aryl methyl sites for hydroxylation is 1. The van der Waals surface area contributed by atoms with Gasteiger partial charge in [0.15, 0.2) is 0 Å². The van der Waals surface area contributed by atoms with Crippen LogP contribution in [0.5, 0.6) is 0 Å². The Balaban J connectivity index is 1.34. The quantitative estimate of drug-likeness (QED) is 0.257. The Morgan fingerprint density at radius 2 is 2.00 bits per heavy atom. The summed E-state index contributed by atoms with van der Waals surface area (Å²) in [6, 6.07) is 8.23. The third kappa shape index (κ3) is 4.81. The molecule has 0 aliphatic carbocycles. The SMILES string of the molecule is O=C(NCCCc1nc(-c2ccncc2)cs1)c1ccc(-n2ccnc2)c([N+](=O)[O-])c1. The van der Waals surface area contributed by atoms with E-state index in [1.54, 1.807) is 42.1 Å². The largest absolute Gasteiger partial charge is 0.352 e. The van der Waals surface area contributed by atoms with Crippen LogP contribution in [0.15, 0.2) is 66.8 Å². The Morgan fingerprint density at radius 1 is 1.16 bits per heavy atom. The van der Waals surface area contributed by atoms with Crippen LogP contribution in [0, 0.1) is 10.1 Å². The van der Waals surface area contributed by atoms with Crippen molar-refractivity contribution in [2.24, 2.45) is 0 Å². The number of nitrogens with zero attached hydrogens (tertiary/aromatic N) is 5. The van der Waals surface area contributed by atoms with Gasteiger partial charge in [0.05, 0.1) is 22.0 Å². The normalized spacial score (nSPS) is 10.7. The minimum atomic E-state index is -0.505. The zero-order chi connectivity index (χ0) is 21.6. The fraction of sp³-hybridized carbons (Fsp3) is 0.143. The lowest BCUT2D eigenvalue weighted by molar-refractivity contribution is -0.384. The molecule has 31 heavy (non-hydrogen) atoms. The second kappa shape index (κ2) is 9.26. The Hall–Kier alpha value is -3.92. The fourth-order valence-electron chi connectivity index (χ4n) is 3.06. The van der Waals surface area contributed by atoms with E-state index in [1.165, 1.54) is 23.2 Å². The van der Waals surface area contributed by atoms with Crippen LogP contribution in [0.4, 0.5) is 5.69 Å². The first-order chi connectivity index (χ1) is 15.1. The van der Waals surface area contributed by atoms with E-state index in [0.29, 0.717) is 18.7 Å². The highest BCUT2D eigenvalue weighted by Crippen LogP contribution is 2.24. The van der Waals surface area contributed by atoms with Crippen LogP contribution in [0.25, 0.3) is 16.9 Å². The summed E-state index contributed by atoms with van der Waals surface area (Å²) in [6.45, 7) is 0.445. The number of nitro benzene ring substituents is 1. The summed E-state index contributed by atoms with van der Waals surface area (Å²) in [7, 11) is 0. The average Bonchev–Trinajstić information content (AvgIpc) is 3.49. The number of aromatic nitrogens is 4. The van der Waals surface area contributed by atoms with E-state index in [2.05, 4.69) is 20.3 Å². The van der Waals surface area contributed by atoms with Crippen LogP contribution >= 0.6 is 11.3 Å². The van der Waals surface area contributed by atoms with Crippen molar-refractivity contribution in [3.63, 3.8) is 0 Å². The van der Waals surface area contributed by atoms with Gasteiger partial charge in [0.25, 0.3) is 11.6 Å². The number of hydrogen-bond donors (Lipinski definition) is 1. The van der Waals surface area contributed by atoms with Gasteiger partial charge in [-0.3, -0.25) is 19.9 Å². The summed E-state index contributed by atoms with van der Waals surface area (Å²) in [5, 5.41) is 17.3. The molecular formula is C21H18N6O3S. The van der Waals surface area contributed by atoms with Crippen LogP contribution < -0.4 is 5.32 Å². The van der Waals surface area contributed by atoms with Gasteiger partial charge in [-0.1, -0.05) is 0 Å². The smallest absolute Gasteiger partial charge is 0.294 e. The summed E-state index contributed by atoms with van der Waals surface area (Å²) in [5.41, 5.74) is 2.37. The summed E-state index contributed by atoms with van der Waals surface area (Å²) in [5.74, 6) is -0.350. The molecule has 0 spiro atoms. The molecule has 0 fully saturated rings. The lowest BCUT2D eigenvalue weighted by atomic mass is 10.1. The average molecular weight is 434 g/mol. The molecule has 0 unspecified atom stereocenters. The maximum absolute atomic E-state index is 12.4. The minimum Gasteiger partial charge on any atom is -0.352 e. The molecule has 10 heteroatoms. The van der Waals surface area contributed by atoms with Gasteiger partial charge >= 0.3 is 0 Å². The molecule has 0 bridgehead atoms. The van der Waals surface area contributed by atoms with Crippen molar-refractivity contribution in [1.82, 2.24) is 24.8 Å². The number of hydrogen-bond acceptors (Lipinski definition) is 7. The second-order valence-electron chi connectivity index (χ2n) is 6.65. The predicted octanol–water partition coefficient (Wildman–Crippen LogP) is 3.66. The highest BCUT2D eigenvalue weighted by atomic mass is 32.1. The van der Waals surface area contributed by atoms with Crippen molar-refractivity contribution in [2.75, 3.05) is 6.54 Å². The van der Waals surface area contributed by atoms with Crippen molar-refractivity contribution in [1.29, 1.82) is 0 Å². The van der Waals surface area contributed by atoms with E-state index in [1.807, 2.05) is 17.5 Å². The van der Waals surface area contributed by atoms with Crippen molar-refractivity contribution >= 4 is 22.9 Å². The zero-order valence-electron chi connectivity index (χ0n) is 16.3. The number of pyridine rings is 1. The minimum absolute atomic E-state index is 0.155. The molecule has 0 aliphatic rings. The first-order valence-electron chi connectivity index (χ1n) is 9.51. The number of nitrogens with one attached hydrogen (secondary N) is 1. The van der Waals surface area contributed by atoms with Crippen LogP contribution in [-0.2, 0) is 6.42 Å².